The highest BCUT2D eigenvalue weighted by molar-refractivity contribution is 8.26. The molecule has 1 atom stereocenters. The quantitative estimate of drug-likeness (QED) is 0.572. The Hall–Kier alpha value is -2.04. The number of amides is 2. The van der Waals surface area contributed by atoms with Crippen LogP contribution >= 0.6 is 24.0 Å². The predicted octanol–water partition coefficient (Wildman–Crippen LogP) is 1.84. The number of thioether (sulfide) groups is 1. The molecule has 2 amide bonds. The van der Waals surface area contributed by atoms with Gasteiger partial charge in [-0.3, -0.25) is 14.5 Å². The SMILES string of the molecule is O=C(CCN1C(=O)/C(=C\c2ccc(F)cc2)SC1=S)NC1C=CS(=O)(=O)C1. The first-order chi connectivity index (χ1) is 12.7. The van der Waals surface area contributed by atoms with Crippen molar-refractivity contribution in [1.82, 2.24) is 10.2 Å². The number of halogens is 1. The summed E-state index contributed by atoms with van der Waals surface area (Å²) in [5.41, 5.74) is 0.670. The normalized spacial score (nSPS) is 22.6. The van der Waals surface area contributed by atoms with Crippen LogP contribution in [0.1, 0.15) is 12.0 Å². The molecule has 0 spiro atoms. The van der Waals surface area contributed by atoms with E-state index in [4.69, 9.17) is 12.2 Å². The molecule has 1 unspecified atom stereocenters. The summed E-state index contributed by atoms with van der Waals surface area (Å²) >= 11 is 6.32. The molecule has 0 radical (unpaired) electrons. The van der Waals surface area contributed by atoms with E-state index in [1.54, 1.807) is 18.2 Å². The standard InChI is InChI=1S/C17H15FN2O4S3/c18-12-3-1-11(2-4-12)9-14-16(22)20(17(25)26-14)7-5-15(21)19-13-6-8-27(23,24)10-13/h1-4,6,8-9,13H,5,7,10H2,(H,19,21)/b14-9+. The fourth-order valence-corrected chi connectivity index (χ4v) is 5.10. The molecule has 142 valence electrons. The number of benzene rings is 1. The lowest BCUT2D eigenvalue weighted by Gasteiger charge is -2.15. The molecule has 0 saturated carbocycles. The van der Waals surface area contributed by atoms with E-state index in [0.29, 0.717) is 14.8 Å². The lowest BCUT2D eigenvalue weighted by Crippen LogP contribution is -2.38. The molecular formula is C17H15FN2O4S3. The van der Waals surface area contributed by atoms with E-state index in [1.165, 1.54) is 23.1 Å². The molecule has 1 fully saturated rings. The average Bonchev–Trinajstić information content (AvgIpc) is 3.07. The van der Waals surface area contributed by atoms with Gasteiger partial charge in [0.15, 0.2) is 9.84 Å². The highest BCUT2D eigenvalue weighted by atomic mass is 32.2. The van der Waals surface area contributed by atoms with Crippen molar-refractivity contribution in [1.29, 1.82) is 0 Å². The van der Waals surface area contributed by atoms with Gasteiger partial charge >= 0.3 is 0 Å². The van der Waals surface area contributed by atoms with E-state index in [9.17, 15) is 22.4 Å². The summed E-state index contributed by atoms with van der Waals surface area (Å²) in [6.45, 7) is 0.0977. The number of hydrogen-bond acceptors (Lipinski definition) is 6. The fourth-order valence-electron chi connectivity index (χ4n) is 2.56. The Morgan fingerprint density at radius 3 is 2.70 bits per heavy atom. The van der Waals surface area contributed by atoms with Gasteiger partial charge < -0.3 is 5.32 Å². The van der Waals surface area contributed by atoms with Crippen LogP contribution in [0.3, 0.4) is 0 Å². The molecule has 3 rings (SSSR count). The highest BCUT2D eigenvalue weighted by Crippen LogP contribution is 2.32. The van der Waals surface area contributed by atoms with Crippen molar-refractivity contribution in [3.05, 3.63) is 52.0 Å². The maximum atomic E-state index is 13.0. The van der Waals surface area contributed by atoms with E-state index in [1.807, 2.05) is 0 Å². The minimum absolute atomic E-state index is 0.000651. The van der Waals surface area contributed by atoms with Crippen LogP contribution in [0.25, 0.3) is 6.08 Å². The highest BCUT2D eigenvalue weighted by Gasteiger charge is 2.32. The second-order valence-electron chi connectivity index (χ2n) is 5.97. The van der Waals surface area contributed by atoms with Crippen molar-refractivity contribution in [3.63, 3.8) is 0 Å². The van der Waals surface area contributed by atoms with Gasteiger partial charge in [-0.2, -0.15) is 0 Å². The molecule has 10 heteroatoms. The minimum Gasteiger partial charge on any atom is -0.349 e. The molecule has 2 aliphatic heterocycles. The molecule has 1 saturated heterocycles. The maximum absolute atomic E-state index is 13.0. The number of hydrogen-bond donors (Lipinski definition) is 1. The van der Waals surface area contributed by atoms with Crippen molar-refractivity contribution in [3.8, 4) is 0 Å². The molecule has 2 aliphatic rings. The zero-order chi connectivity index (χ0) is 19.6. The van der Waals surface area contributed by atoms with Crippen LogP contribution in [-0.4, -0.2) is 47.8 Å². The second-order valence-corrected chi connectivity index (χ2v) is 9.57. The molecule has 6 nitrogen and oxygen atoms in total. The van der Waals surface area contributed by atoms with Crippen LogP contribution in [0.4, 0.5) is 4.39 Å². The third-order valence-electron chi connectivity index (χ3n) is 3.88. The first kappa shape index (κ1) is 19.7. The van der Waals surface area contributed by atoms with Gasteiger partial charge in [-0.15, -0.1) is 0 Å². The summed E-state index contributed by atoms with van der Waals surface area (Å²) in [7, 11) is -3.24. The van der Waals surface area contributed by atoms with Gasteiger partial charge in [-0.05, 0) is 29.8 Å². The number of thiocarbonyl (C=S) groups is 1. The largest absolute Gasteiger partial charge is 0.349 e. The summed E-state index contributed by atoms with van der Waals surface area (Å²) < 4.78 is 36.0. The molecule has 1 aromatic carbocycles. The van der Waals surface area contributed by atoms with Crippen molar-refractivity contribution >= 4 is 56.0 Å². The Balaban J connectivity index is 1.57. The monoisotopic (exact) mass is 426 g/mol. The fraction of sp³-hybridized carbons (Fsp3) is 0.235. The Morgan fingerprint density at radius 2 is 2.07 bits per heavy atom. The molecular weight excluding hydrogens is 411 g/mol. The number of nitrogens with zero attached hydrogens (tertiary/aromatic N) is 1. The molecule has 2 heterocycles. The van der Waals surface area contributed by atoms with Crippen molar-refractivity contribution in [2.24, 2.45) is 0 Å². The molecule has 0 aromatic heterocycles. The number of carbonyl (C=O) groups excluding carboxylic acids is 2. The van der Waals surface area contributed by atoms with E-state index < -0.39 is 15.9 Å². The third-order valence-corrected chi connectivity index (χ3v) is 6.65. The first-order valence-corrected chi connectivity index (χ1v) is 10.9. The first-order valence-electron chi connectivity index (χ1n) is 7.95. The minimum atomic E-state index is -3.24. The average molecular weight is 427 g/mol. The number of carbonyl (C=O) groups is 2. The van der Waals surface area contributed by atoms with Gasteiger partial charge in [-0.1, -0.05) is 36.1 Å². The predicted molar refractivity (Wildman–Crippen MR) is 106 cm³/mol. The second kappa shape index (κ2) is 7.91. The van der Waals surface area contributed by atoms with E-state index in [2.05, 4.69) is 5.32 Å². The number of sulfone groups is 1. The Bertz CT molecular complexity index is 955. The van der Waals surface area contributed by atoms with Crippen molar-refractivity contribution < 1.29 is 22.4 Å². The zero-order valence-corrected chi connectivity index (χ0v) is 16.4. The molecule has 0 aliphatic carbocycles. The lowest BCUT2D eigenvalue weighted by molar-refractivity contribution is -0.124. The van der Waals surface area contributed by atoms with Gasteiger partial charge in [0, 0.05) is 18.4 Å². The van der Waals surface area contributed by atoms with Crippen molar-refractivity contribution in [2.45, 2.75) is 12.5 Å². The van der Waals surface area contributed by atoms with Gasteiger partial charge in [-0.25, -0.2) is 12.8 Å². The van der Waals surface area contributed by atoms with E-state index >= 15 is 0 Å². The molecule has 27 heavy (non-hydrogen) atoms. The van der Waals surface area contributed by atoms with Crippen LogP contribution < -0.4 is 5.32 Å². The Kier molecular flexibility index (Phi) is 5.78. The number of nitrogens with one attached hydrogen (secondary N) is 1. The third kappa shape index (κ3) is 5.02. The zero-order valence-electron chi connectivity index (χ0n) is 13.9. The summed E-state index contributed by atoms with van der Waals surface area (Å²) in [6, 6.07) is 5.16. The van der Waals surface area contributed by atoms with Crippen molar-refractivity contribution in [2.75, 3.05) is 12.3 Å². The smallest absolute Gasteiger partial charge is 0.266 e. The summed E-state index contributed by atoms with van der Waals surface area (Å²) in [5, 5.41) is 3.68. The number of rotatable bonds is 5. The van der Waals surface area contributed by atoms with Crippen LogP contribution in [-0.2, 0) is 19.4 Å². The topological polar surface area (TPSA) is 83.6 Å². The Morgan fingerprint density at radius 1 is 1.37 bits per heavy atom. The van der Waals surface area contributed by atoms with E-state index in [0.717, 1.165) is 17.2 Å². The molecule has 0 bridgehead atoms. The van der Waals surface area contributed by atoms with Gasteiger partial charge in [0.1, 0.15) is 10.1 Å². The summed E-state index contributed by atoms with van der Waals surface area (Å²) in [6.07, 6.45) is 3.05. The van der Waals surface area contributed by atoms with Crippen LogP contribution in [0.15, 0.2) is 40.7 Å². The lowest BCUT2D eigenvalue weighted by atomic mass is 10.2. The summed E-state index contributed by atoms with van der Waals surface area (Å²) in [5.74, 6) is -1.19. The van der Waals surface area contributed by atoms with Crippen LogP contribution in [0.2, 0.25) is 0 Å². The molecule has 1 aromatic rings. The van der Waals surface area contributed by atoms with Gasteiger partial charge in [0.2, 0.25) is 5.91 Å². The van der Waals surface area contributed by atoms with Gasteiger partial charge in [0.25, 0.3) is 5.91 Å². The maximum Gasteiger partial charge on any atom is 0.266 e. The van der Waals surface area contributed by atoms with Crippen LogP contribution in [0, 0.1) is 5.82 Å². The van der Waals surface area contributed by atoms with E-state index in [-0.39, 0.29) is 36.4 Å². The van der Waals surface area contributed by atoms with Crippen LogP contribution in [0.5, 0.6) is 0 Å². The van der Waals surface area contributed by atoms with Gasteiger partial charge in [0.05, 0.1) is 16.7 Å². The molecule has 1 N–H and O–H groups in total. The summed E-state index contributed by atoms with van der Waals surface area (Å²) in [4.78, 5) is 26.2. The Labute approximate surface area is 165 Å².